The smallest absolute Gasteiger partial charge is 0.0487 e. The maximum atomic E-state index is 8.56. The van der Waals surface area contributed by atoms with Gasteiger partial charge < -0.3 is 15.2 Å². The fourth-order valence-electron chi connectivity index (χ4n) is 2.21. The van der Waals surface area contributed by atoms with Crippen molar-refractivity contribution in [1.29, 1.82) is 0 Å². The molecule has 3 nitrogen and oxygen atoms in total. The number of aliphatic hydroxyl groups excluding tert-OH is 1. The van der Waals surface area contributed by atoms with Crippen molar-refractivity contribution < 1.29 is 9.84 Å². The molecule has 0 spiro atoms. The number of hydrogen-bond acceptors (Lipinski definition) is 3. The number of rotatable bonds is 9. The summed E-state index contributed by atoms with van der Waals surface area (Å²) in [6.45, 7) is 2.91. The van der Waals surface area contributed by atoms with Gasteiger partial charge in [0.15, 0.2) is 0 Å². The first-order valence-electron chi connectivity index (χ1n) is 6.85. The van der Waals surface area contributed by atoms with Gasteiger partial charge in [0, 0.05) is 25.9 Å². The van der Waals surface area contributed by atoms with Crippen LogP contribution in [0.25, 0.3) is 0 Å². The van der Waals surface area contributed by atoms with Gasteiger partial charge in [0.25, 0.3) is 0 Å². The number of hydrogen-bond donors (Lipinski definition) is 2. The molecule has 2 N–H and O–H groups in total. The Morgan fingerprint density at radius 2 is 1.75 bits per heavy atom. The van der Waals surface area contributed by atoms with Crippen LogP contribution in [0.3, 0.4) is 0 Å². The lowest BCUT2D eigenvalue weighted by molar-refractivity contribution is 0.113. The van der Waals surface area contributed by atoms with Crippen molar-refractivity contribution in [2.75, 3.05) is 26.4 Å². The molecule has 1 saturated carbocycles. The first kappa shape index (κ1) is 13.9. The summed E-state index contributed by atoms with van der Waals surface area (Å²) in [5.41, 5.74) is 0. The summed E-state index contributed by atoms with van der Waals surface area (Å²) in [5.74, 6) is 0. The molecular weight excluding hydrogens is 202 g/mol. The van der Waals surface area contributed by atoms with E-state index in [0.717, 1.165) is 32.0 Å². The minimum atomic E-state index is 0.239. The molecule has 1 rings (SSSR count). The van der Waals surface area contributed by atoms with Crippen LogP contribution in [0.2, 0.25) is 0 Å². The Kier molecular flexibility index (Phi) is 8.77. The van der Waals surface area contributed by atoms with Gasteiger partial charge in [-0.2, -0.15) is 0 Å². The van der Waals surface area contributed by atoms with E-state index in [1.807, 2.05) is 0 Å². The Balaban J connectivity index is 1.77. The molecule has 1 aliphatic carbocycles. The van der Waals surface area contributed by atoms with Crippen molar-refractivity contribution >= 4 is 0 Å². The van der Waals surface area contributed by atoms with Crippen LogP contribution in [0.15, 0.2) is 0 Å². The molecule has 0 amide bonds. The standard InChI is InChI=1S/C13H27NO2/c15-10-6-12-16-11-5-4-9-14-13-7-2-1-3-8-13/h13-15H,1-12H2. The SMILES string of the molecule is OCCCOCCCCNC1CCCCC1. The molecule has 0 radical (unpaired) electrons. The number of nitrogens with one attached hydrogen (secondary N) is 1. The van der Waals surface area contributed by atoms with Gasteiger partial charge in [-0.3, -0.25) is 0 Å². The van der Waals surface area contributed by atoms with Crippen molar-refractivity contribution in [2.45, 2.75) is 57.4 Å². The van der Waals surface area contributed by atoms with Crippen LogP contribution in [0.1, 0.15) is 51.4 Å². The Morgan fingerprint density at radius 1 is 1.00 bits per heavy atom. The average Bonchev–Trinajstić information content (AvgIpc) is 2.34. The van der Waals surface area contributed by atoms with E-state index >= 15 is 0 Å². The summed E-state index contributed by atoms with van der Waals surface area (Å²) in [5, 5.41) is 12.2. The van der Waals surface area contributed by atoms with E-state index in [1.54, 1.807) is 0 Å². The molecule has 0 aromatic rings. The molecule has 0 heterocycles. The summed E-state index contributed by atoms with van der Waals surface area (Å²) in [6, 6.07) is 0.782. The van der Waals surface area contributed by atoms with Gasteiger partial charge in [0.2, 0.25) is 0 Å². The zero-order valence-electron chi connectivity index (χ0n) is 10.4. The van der Waals surface area contributed by atoms with Crippen LogP contribution in [0, 0.1) is 0 Å². The quantitative estimate of drug-likeness (QED) is 0.595. The van der Waals surface area contributed by atoms with Crippen LogP contribution < -0.4 is 5.32 Å². The highest BCUT2D eigenvalue weighted by molar-refractivity contribution is 4.71. The topological polar surface area (TPSA) is 41.5 Å². The van der Waals surface area contributed by atoms with Crippen molar-refractivity contribution in [3.63, 3.8) is 0 Å². The van der Waals surface area contributed by atoms with Gasteiger partial charge in [0.1, 0.15) is 0 Å². The maximum Gasteiger partial charge on any atom is 0.0487 e. The number of ether oxygens (including phenoxy) is 1. The lowest BCUT2D eigenvalue weighted by Crippen LogP contribution is -2.31. The monoisotopic (exact) mass is 229 g/mol. The van der Waals surface area contributed by atoms with Crippen molar-refractivity contribution in [2.24, 2.45) is 0 Å². The Hall–Kier alpha value is -0.120. The zero-order valence-corrected chi connectivity index (χ0v) is 10.4. The van der Waals surface area contributed by atoms with Crippen LogP contribution in [0.5, 0.6) is 0 Å². The molecule has 1 aliphatic rings. The molecule has 0 atom stereocenters. The van der Waals surface area contributed by atoms with Crippen LogP contribution >= 0.6 is 0 Å². The Morgan fingerprint density at radius 3 is 2.50 bits per heavy atom. The molecule has 0 aromatic carbocycles. The second-order valence-corrected chi connectivity index (χ2v) is 4.69. The van der Waals surface area contributed by atoms with E-state index in [1.165, 1.54) is 38.5 Å². The highest BCUT2D eigenvalue weighted by atomic mass is 16.5. The minimum absolute atomic E-state index is 0.239. The van der Waals surface area contributed by atoms with Gasteiger partial charge >= 0.3 is 0 Å². The maximum absolute atomic E-state index is 8.56. The third-order valence-corrected chi connectivity index (χ3v) is 3.20. The lowest BCUT2D eigenvalue weighted by atomic mass is 9.95. The summed E-state index contributed by atoms with van der Waals surface area (Å²) < 4.78 is 5.38. The second kappa shape index (κ2) is 10.1. The molecule has 1 fully saturated rings. The number of unbranched alkanes of at least 4 members (excludes halogenated alkanes) is 1. The first-order valence-corrected chi connectivity index (χ1v) is 6.85. The second-order valence-electron chi connectivity index (χ2n) is 4.69. The van der Waals surface area contributed by atoms with E-state index in [0.29, 0.717) is 6.61 Å². The van der Waals surface area contributed by atoms with Crippen molar-refractivity contribution in [3.8, 4) is 0 Å². The third-order valence-electron chi connectivity index (χ3n) is 3.20. The summed E-state index contributed by atoms with van der Waals surface area (Å²) in [7, 11) is 0. The molecule has 0 aromatic heterocycles. The summed E-state index contributed by atoms with van der Waals surface area (Å²) in [4.78, 5) is 0. The first-order chi connectivity index (χ1) is 7.93. The number of aliphatic hydroxyl groups is 1. The molecule has 0 saturated heterocycles. The molecule has 0 bridgehead atoms. The van der Waals surface area contributed by atoms with Gasteiger partial charge in [-0.15, -0.1) is 0 Å². The largest absolute Gasteiger partial charge is 0.396 e. The molecule has 96 valence electrons. The molecule has 3 heteroatoms. The Labute approximate surface area is 99.6 Å². The van der Waals surface area contributed by atoms with Crippen LogP contribution in [0.4, 0.5) is 0 Å². The van der Waals surface area contributed by atoms with Gasteiger partial charge in [-0.25, -0.2) is 0 Å². The normalized spacial score (nSPS) is 17.8. The predicted octanol–water partition coefficient (Wildman–Crippen LogP) is 2.09. The molecule has 0 unspecified atom stereocenters. The van der Waals surface area contributed by atoms with E-state index in [4.69, 9.17) is 9.84 Å². The zero-order chi connectivity index (χ0) is 11.5. The molecule has 0 aliphatic heterocycles. The fraction of sp³-hybridized carbons (Fsp3) is 1.00. The lowest BCUT2D eigenvalue weighted by Gasteiger charge is -2.22. The van der Waals surface area contributed by atoms with Gasteiger partial charge in [-0.05, 0) is 38.6 Å². The Bertz CT molecular complexity index is 147. The van der Waals surface area contributed by atoms with Gasteiger partial charge in [0.05, 0.1) is 0 Å². The highest BCUT2D eigenvalue weighted by Crippen LogP contribution is 2.17. The van der Waals surface area contributed by atoms with Gasteiger partial charge in [-0.1, -0.05) is 19.3 Å². The van der Waals surface area contributed by atoms with E-state index < -0.39 is 0 Å². The van der Waals surface area contributed by atoms with Crippen molar-refractivity contribution in [3.05, 3.63) is 0 Å². The minimum Gasteiger partial charge on any atom is -0.396 e. The van der Waals surface area contributed by atoms with E-state index in [2.05, 4.69) is 5.32 Å². The van der Waals surface area contributed by atoms with E-state index in [9.17, 15) is 0 Å². The van der Waals surface area contributed by atoms with Crippen LogP contribution in [-0.4, -0.2) is 37.5 Å². The average molecular weight is 229 g/mol. The fourth-order valence-corrected chi connectivity index (χ4v) is 2.21. The molecular formula is C13H27NO2. The van der Waals surface area contributed by atoms with E-state index in [-0.39, 0.29) is 6.61 Å². The predicted molar refractivity (Wildman–Crippen MR) is 66.6 cm³/mol. The summed E-state index contributed by atoms with van der Waals surface area (Å²) >= 11 is 0. The van der Waals surface area contributed by atoms with Crippen LogP contribution in [-0.2, 0) is 4.74 Å². The van der Waals surface area contributed by atoms with Crippen molar-refractivity contribution in [1.82, 2.24) is 5.32 Å². The molecule has 16 heavy (non-hydrogen) atoms. The summed E-state index contributed by atoms with van der Waals surface area (Å²) in [6.07, 6.45) is 10.1. The highest BCUT2D eigenvalue weighted by Gasteiger charge is 2.11. The third kappa shape index (κ3) is 7.20.